The fourth-order valence-corrected chi connectivity index (χ4v) is 2.21. The number of rotatable bonds is 4. The molecule has 0 spiro atoms. The molecule has 0 saturated carbocycles. The fourth-order valence-electron chi connectivity index (χ4n) is 2.21. The van der Waals surface area contributed by atoms with Crippen LogP contribution >= 0.6 is 0 Å². The molecule has 0 N–H and O–H groups in total. The van der Waals surface area contributed by atoms with Crippen molar-refractivity contribution < 1.29 is 4.74 Å². The van der Waals surface area contributed by atoms with Crippen LogP contribution in [-0.2, 0) is 4.74 Å². The monoisotopic (exact) mass is 240 g/mol. The summed E-state index contributed by atoms with van der Waals surface area (Å²) in [6.07, 6.45) is 1.09. The van der Waals surface area contributed by atoms with E-state index in [4.69, 9.17) is 4.74 Å². The smallest absolute Gasteiger partial charge is 0.100 e. The summed E-state index contributed by atoms with van der Waals surface area (Å²) < 4.78 is 6.02. The summed E-state index contributed by atoms with van der Waals surface area (Å²) in [5, 5.41) is 0. The summed E-state index contributed by atoms with van der Waals surface area (Å²) in [6, 6.07) is 0. The molecule has 1 atom stereocenters. The molecule has 0 aromatic heterocycles. The minimum Gasteiger partial charge on any atom is -0.493 e. The van der Waals surface area contributed by atoms with Crippen LogP contribution in [0.25, 0.3) is 0 Å². The van der Waals surface area contributed by atoms with Crippen LogP contribution in [0.3, 0.4) is 0 Å². The zero-order valence-electron chi connectivity index (χ0n) is 13.4. The lowest BCUT2D eigenvalue weighted by Crippen LogP contribution is -2.35. The van der Waals surface area contributed by atoms with E-state index in [0.717, 1.165) is 12.2 Å². The maximum Gasteiger partial charge on any atom is 0.100 e. The van der Waals surface area contributed by atoms with E-state index in [-0.39, 0.29) is 16.4 Å². The van der Waals surface area contributed by atoms with Gasteiger partial charge in [-0.3, -0.25) is 0 Å². The summed E-state index contributed by atoms with van der Waals surface area (Å²) in [5.74, 6) is 1.45. The molecule has 0 amide bonds. The molecule has 0 fully saturated rings. The molecular weight excluding hydrogens is 208 g/mol. The van der Waals surface area contributed by atoms with Gasteiger partial charge in [0.25, 0.3) is 0 Å². The zero-order chi connectivity index (χ0) is 14.1. The Morgan fingerprint density at radius 2 is 1.41 bits per heavy atom. The summed E-state index contributed by atoms with van der Waals surface area (Å²) in [5.41, 5.74) is 0.153. The van der Waals surface area contributed by atoms with Crippen LogP contribution in [0.15, 0.2) is 12.3 Å². The van der Waals surface area contributed by atoms with Crippen LogP contribution in [0.5, 0.6) is 0 Å². The van der Waals surface area contributed by atoms with Crippen molar-refractivity contribution in [1.29, 1.82) is 0 Å². The second-order valence-electron chi connectivity index (χ2n) is 7.95. The normalized spacial score (nSPS) is 16.8. The third-order valence-electron chi connectivity index (χ3n) is 3.24. The van der Waals surface area contributed by atoms with Gasteiger partial charge in [0.1, 0.15) is 5.60 Å². The quantitative estimate of drug-likeness (QED) is 0.597. The van der Waals surface area contributed by atoms with E-state index in [1.165, 1.54) is 0 Å². The van der Waals surface area contributed by atoms with Gasteiger partial charge in [0.2, 0.25) is 0 Å². The lowest BCUT2D eigenvalue weighted by molar-refractivity contribution is -0.0103. The molecule has 1 heteroatoms. The van der Waals surface area contributed by atoms with Crippen LogP contribution in [0.1, 0.15) is 68.7 Å². The van der Waals surface area contributed by atoms with Crippen molar-refractivity contribution in [2.45, 2.75) is 74.3 Å². The Bertz CT molecular complexity index is 262. The van der Waals surface area contributed by atoms with E-state index in [1.807, 2.05) is 0 Å². The van der Waals surface area contributed by atoms with Crippen LogP contribution in [0.4, 0.5) is 0 Å². The molecule has 0 aliphatic rings. The maximum atomic E-state index is 6.02. The first kappa shape index (κ1) is 16.5. The highest BCUT2D eigenvalue weighted by atomic mass is 16.5. The molecule has 0 rings (SSSR count). The number of ether oxygens (including phenoxy) is 1. The fraction of sp³-hybridized carbons (Fsp3) is 0.875. The molecule has 0 aliphatic carbocycles. The molecule has 0 radical (unpaired) electrons. The number of allylic oxidation sites excluding steroid dienone is 1. The minimum absolute atomic E-state index is 0.0333. The standard InChI is InChI=1S/C16H32O/c1-12(2)16(10,11-14(4,5)6)13(3)17-15(7,8)9/h12H,3,11H2,1-2,4-10H3. The molecule has 0 aliphatic heterocycles. The van der Waals surface area contributed by atoms with Crippen LogP contribution in [0, 0.1) is 16.7 Å². The van der Waals surface area contributed by atoms with Crippen molar-refractivity contribution in [3.8, 4) is 0 Å². The molecule has 1 unspecified atom stereocenters. The second-order valence-corrected chi connectivity index (χ2v) is 7.95. The third kappa shape index (κ3) is 5.61. The Kier molecular flexibility index (Phi) is 4.90. The average Bonchev–Trinajstić information content (AvgIpc) is 1.96. The highest BCUT2D eigenvalue weighted by Crippen LogP contribution is 2.45. The summed E-state index contributed by atoms with van der Waals surface area (Å²) >= 11 is 0. The van der Waals surface area contributed by atoms with Crippen molar-refractivity contribution in [2.24, 2.45) is 16.7 Å². The lowest BCUT2D eigenvalue weighted by Gasteiger charge is -2.42. The van der Waals surface area contributed by atoms with Gasteiger partial charge < -0.3 is 4.74 Å². The molecule has 1 nitrogen and oxygen atoms in total. The van der Waals surface area contributed by atoms with Gasteiger partial charge in [-0.15, -0.1) is 0 Å². The molecule has 17 heavy (non-hydrogen) atoms. The van der Waals surface area contributed by atoms with Gasteiger partial charge in [-0.2, -0.15) is 0 Å². The van der Waals surface area contributed by atoms with E-state index in [9.17, 15) is 0 Å². The third-order valence-corrected chi connectivity index (χ3v) is 3.24. The molecule has 0 aromatic rings. The highest BCUT2D eigenvalue weighted by Gasteiger charge is 2.38. The second kappa shape index (κ2) is 5.04. The van der Waals surface area contributed by atoms with E-state index in [0.29, 0.717) is 5.92 Å². The molecule has 102 valence electrons. The van der Waals surface area contributed by atoms with Gasteiger partial charge in [0, 0.05) is 5.41 Å². The van der Waals surface area contributed by atoms with Crippen LogP contribution in [0.2, 0.25) is 0 Å². The summed E-state index contributed by atoms with van der Waals surface area (Å²) in [6.45, 7) is 24.0. The van der Waals surface area contributed by atoms with Crippen molar-refractivity contribution in [2.75, 3.05) is 0 Å². The first-order valence-electron chi connectivity index (χ1n) is 6.66. The Hall–Kier alpha value is -0.460. The van der Waals surface area contributed by atoms with Gasteiger partial charge in [-0.05, 0) is 38.5 Å². The Morgan fingerprint density at radius 3 is 1.65 bits per heavy atom. The molecule has 0 aromatic carbocycles. The Labute approximate surface area is 109 Å². The highest BCUT2D eigenvalue weighted by molar-refractivity contribution is 5.05. The van der Waals surface area contributed by atoms with Crippen molar-refractivity contribution in [1.82, 2.24) is 0 Å². The molecular formula is C16H32O. The maximum absolute atomic E-state index is 6.02. The molecule has 0 heterocycles. The minimum atomic E-state index is -0.162. The first-order valence-corrected chi connectivity index (χ1v) is 6.66. The van der Waals surface area contributed by atoms with E-state index in [1.54, 1.807) is 0 Å². The number of hydrogen-bond donors (Lipinski definition) is 0. The Balaban J connectivity index is 5.03. The van der Waals surface area contributed by atoms with Gasteiger partial charge in [0.05, 0.1) is 5.76 Å². The topological polar surface area (TPSA) is 9.23 Å². The summed E-state index contributed by atoms with van der Waals surface area (Å²) in [7, 11) is 0. The van der Waals surface area contributed by atoms with E-state index < -0.39 is 0 Å². The lowest BCUT2D eigenvalue weighted by atomic mass is 9.67. The van der Waals surface area contributed by atoms with Gasteiger partial charge >= 0.3 is 0 Å². The average molecular weight is 240 g/mol. The van der Waals surface area contributed by atoms with Gasteiger partial charge in [0.15, 0.2) is 0 Å². The predicted octanol–water partition coefficient (Wildman–Crippen LogP) is 5.41. The van der Waals surface area contributed by atoms with Crippen LogP contribution < -0.4 is 0 Å². The SMILES string of the molecule is C=C(OC(C)(C)C)C(C)(CC(C)(C)C)C(C)C. The molecule has 0 bridgehead atoms. The van der Waals surface area contributed by atoms with Crippen molar-refractivity contribution >= 4 is 0 Å². The van der Waals surface area contributed by atoms with Crippen molar-refractivity contribution in [3.63, 3.8) is 0 Å². The van der Waals surface area contributed by atoms with Crippen LogP contribution in [-0.4, -0.2) is 5.60 Å². The summed E-state index contributed by atoms with van der Waals surface area (Å²) in [4.78, 5) is 0. The first-order chi connectivity index (χ1) is 7.28. The predicted molar refractivity (Wildman–Crippen MR) is 77.0 cm³/mol. The van der Waals surface area contributed by atoms with Gasteiger partial charge in [-0.1, -0.05) is 48.1 Å². The van der Waals surface area contributed by atoms with Crippen molar-refractivity contribution in [3.05, 3.63) is 12.3 Å². The van der Waals surface area contributed by atoms with Gasteiger partial charge in [-0.25, -0.2) is 0 Å². The van der Waals surface area contributed by atoms with E-state index in [2.05, 4.69) is 68.9 Å². The largest absolute Gasteiger partial charge is 0.493 e. The number of hydrogen-bond acceptors (Lipinski definition) is 1. The molecule has 0 saturated heterocycles. The van der Waals surface area contributed by atoms with E-state index >= 15 is 0 Å². The Morgan fingerprint density at radius 1 is 1.00 bits per heavy atom. The zero-order valence-corrected chi connectivity index (χ0v) is 13.4.